The fourth-order valence-corrected chi connectivity index (χ4v) is 4.33. The lowest BCUT2D eigenvalue weighted by atomic mass is 10.1. The molecule has 1 heterocycles. The smallest absolute Gasteiger partial charge is 0.234 e. The Morgan fingerprint density at radius 2 is 1.84 bits per heavy atom. The van der Waals surface area contributed by atoms with Crippen molar-refractivity contribution >= 4 is 50.9 Å². The van der Waals surface area contributed by atoms with Crippen molar-refractivity contribution in [3.8, 4) is 16.9 Å². The highest BCUT2D eigenvalue weighted by Crippen LogP contribution is 2.31. The molecule has 0 saturated heterocycles. The van der Waals surface area contributed by atoms with Gasteiger partial charge >= 0.3 is 0 Å². The van der Waals surface area contributed by atoms with Gasteiger partial charge in [0.1, 0.15) is 0 Å². The number of nitrogens with one attached hydrogen (secondary N) is 1. The molecular formula is C24H19BrClN3OS. The standard InChI is InChI=1S/C24H19BrClN3OS/c1-16-5-11-20(12-6-16)28-23(30)15-31-24-27-14-22(17-7-9-18(25)10-8-17)29(24)21-4-2-3-19(26)13-21/h2-14H,15H2,1H3,(H,28,30). The van der Waals surface area contributed by atoms with Crippen molar-refractivity contribution in [2.24, 2.45) is 0 Å². The van der Waals surface area contributed by atoms with E-state index in [1.165, 1.54) is 11.8 Å². The summed E-state index contributed by atoms with van der Waals surface area (Å²) in [5, 5.41) is 4.29. The molecule has 0 unspecified atom stereocenters. The number of halogens is 2. The van der Waals surface area contributed by atoms with Gasteiger partial charge in [0.2, 0.25) is 5.91 Å². The van der Waals surface area contributed by atoms with Gasteiger partial charge in [-0.25, -0.2) is 4.98 Å². The zero-order valence-electron chi connectivity index (χ0n) is 16.7. The lowest BCUT2D eigenvalue weighted by Gasteiger charge is -2.13. The highest BCUT2D eigenvalue weighted by Gasteiger charge is 2.16. The molecule has 0 spiro atoms. The van der Waals surface area contributed by atoms with Crippen molar-refractivity contribution in [3.63, 3.8) is 0 Å². The molecule has 0 saturated carbocycles. The van der Waals surface area contributed by atoms with Gasteiger partial charge in [0.15, 0.2) is 5.16 Å². The first kappa shape index (κ1) is 21.7. The van der Waals surface area contributed by atoms with E-state index in [0.717, 1.165) is 37.8 Å². The second kappa shape index (κ2) is 9.73. The van der Waals surface area contributed by atoms with Gasteiger partial charge in [-0.3, -0.25) is 9.36 Å². The first-order valence-corrected chi connectivity index (χ1v) is 11.7. The number of amides is 1. The van der Waals surface area contributed by atoms with Crippen LogP contribution in [0.15, 0.2) is 88.6 Å². The van der Waals surface area contributed by atoms with Crippen LogP contribution in [0.1, 0.15) is 5.56 Å². The van der Waals surface area contributed by atoms with Gasteiger partial charge in [0.25, 0.3) is 0 Å². The van der Waals surface area contributed by atoms with Crippen molar-refractivity contribution in [2.45, 2.75) is 12.1 Å². The van der Waals surface area contributed by atoms with Crippen molar-refractivity contribution < 1.29 is 4.79 Å². The molecule has 0 aliphatic carbocycles. The maximum atomic E-state index is 12.5. The van der Waals surface area contributed by atoms with Crippen molar-refractivity contribution in [2.75, 3.05) is 11.1 Å². The number of hydrogen-bond acceptors (Lipinski definition) is 3. The minimum atomic E-state index is -0.0836. The minimum absolute atomic E-state index is 0.0836. The summed E-state index contributed by atoms with van der Waals surface area (Å²) < 4.78 is 3.03. The lowest BCUT2D eigenvalue weighted by Crippen LogP contribution is -2.14. The van der Waals surface area contributed by atoms with Crippen LogP contribution >= 0.6 is 39.3 Å². The molecule has 31 heavy (non-hydrogen) atoms. The van der Waals surface area contributed by atoms with Gasteiger partial charge in [-0.15, -0.1) is 0 Å². The maximum absolute atomic E-state index is 12.5. The molecular weight excluding hydrogens is 494 g/mol. The summed E-state index contributed by atoms with van der Waals surface area (Å²) in [5.74, 6) is 0.158. The van der Waals surface area contributed by atoms with E-state index < -0.39 is 0 Å². The molecule has 0 atom stereocenters. The molecule has 0 aliphatic rings. The Bertz CT molecular complexity index is 1210. The number of nitrogens with zero attached hydrogens (tertiary/aromatic N) is 2. The number of hydrogen-bond donors (Lipinski definition) is 1. The van der Waals surface area contributed by atoms with Gasteiger partial charge in [-0.1, -0.05) is 75.2 Å². The number of carbonyl (C=O) groups is 1. The number of benzene rings is 3. The van der Waals surface area contributed by atoms with Crippen LogP contribution in [0.2, 0.25) is 5.02 Å². The molecule has 0 bridgehead atoms. The topological polar surface area (TPSA) is 46.9 Å². The Labute approximate surface area is 198 Å². The molecule has 1 aromatic heterocycles. The number of aromatic nitrogens is 2. The fraction of sp³-hybridized carbons (Fsp3) is 0.0833. The maximum Gasteiger partial charge on any atom is 0.234 e. The summed E-state index contributed by atoms with van der Waals surface area (Å²) in [4.78, 5) is 17.1. The Kier molecular flexibility index (Phi) is 6.80. The lowest BCUT2D eigenvalue weighted by molar-refractivity contribution is -0.113. The zero-order valence-corrected chi connectivity index (χ0v) is 19.8. The van der Waals surface area contributed by atoms with Gasteiger partial charge in [-0.2, -0.15) is 0 Å². The van der Waals surface area contributed by atoms with Crippen LogP contribution in [0.25, 0.3) is 16.9 Å². The van der Waals surface area contributed by atoms with E-state index in [1.54, 1.807) is 0 Å². The third kappa shape index (κ3) is 5.39. The molecule has 7 heteroatoms. The number of aryl methyl sites for hydroxylation is 1. The second-order valence-electron chi connectivity index (χ2n) is 6.95. The van der Waals surface area contributed by atoms with E-state index in [2.05, 4.69) is 26.2 Å². The van der Waals surface area contributed by atoms with Gasteiger partial charge < -0.3 is 5.32 Å². The zero-order chi connectivity index (χ0) is 21.8. The second-order valence-corrected chi connectivity index (χ2v) is 9.25. The van der Waals surface area contributed by atoms with E-state index in [4.69, 9.17) is 11.6 Å². The Morgan fingerprint density at radius 1 is 1.10 bits per heavy atom. The summed E-state index contributed by atoms with van der Waals surface area (Å²) in [7, 11) is 0. The number of imidazole rings is 1. The predicted octanol–water partition coefficient (Wildman–Crippen LogP) is 6.99. The average Bonchev–Trinajstić information content (AvgIpc) is 3.18. The van der Waals surface area contributed by atoms with Crippen LogP contribution < -0.4 is 5.32 Å². The monoisotopic (exact) mass is 511 g/mol. The molecule has 156 valence electrons. The molecule has 4 rings (SSSR count). The molecule has 3 aromatic carbocycles. The van der Waals surface area contributed by atoms with Crippen LogP contribution in [-0.2, 0) is 4.79 Å². The van der Waals surface area contributed by atoms with Crippen molar-refractivity contribution in [1.82, 2.24) is 9.55 Å². The highest BCUT2D eigenvalue weighted by atomic mass is 79.9. The first-order valence-electron chi connectivity index (χ1n) is 9.58. The normalized spacial score (nSPS) is 10.8. The summed E-state index contributed by atoms with van der Waals surface area (Å²) in [6.07, 6.45) is 1.82. The molecule has 1 amide bonds. The van der Waals surface area contributed by atoms with E-state index in [1.807, 2.05) is 90.5 Å². The van der Waals surface area contributed by atoms with Crippen LogP contribution in [-0.4, -0.2) is 21.2 Å². The van der Waals surface area contributed by atoms with Gasteiger partial charge in [0, 0.05) is 26.4 Å². The van der Waals surface area contributed by atoms with Crippen molar-refractivity contribution in [1.29, 1.82) is 0 Å². The van der Waals surface area contributed by atoms with E-state index >= 15 is 0 Å². The molecule has 0 radical (unpaired) electrons. The van der Waals surface area contributed by atoms with Crippen LogP contribution in [0.5, 0.6) is 0 Å². The molecule has 4 aromatic rings. The van der Waals surface area contributed by atoms with Crippen LogP contribution in [0, 0.1) is 6.92 Å². The fourth-order valence-electron chi connectivity index (χ4n) is 3.09. The largest absolute Gasteiger partial charge is 0.325 e. The quantitative estimate of drug-likeness (QED) is 0.283. The number of rotatable bonds is 6. The Balaban J connectivity index is 1.60. The number of carbonyl (C=O) groups excluding carboxylic acids is 1. The van der Waals surface area contributed by atoms with E-state index in [-0.39, 0.29) is 11.7 Å². The minimum Gasteiger partial charge on any atom is -0.325 e. The number of anilines is 1. The highest BCUT2D eigenvalue weighted by molar-refractivity contribution is 9.10. The van der Waals surface area contributed by atoms with E-state index in [0.29, 0.717) is 5.02 Å². The molecule has 0 aliphatic heterocycles. The molecule has 0 fully saturated rings. The Hall–Kier alpha value is -2.54. The summed E-state index contributed by atoms with van der Waals surface area (Å²) >= 11 is 11.1. The SMILES string of the molecule is Cc1ccc(NC(=O)CSc2ncc(-c3ccc(Br)cc3)n2-c2cccc(Cl)c2)cc1. The third-order valence-corrected chi connectivity index (χ3v) is 6.32. The van der Waals surface area contributed by atoms with Crippen molar-refractivity contribution in [3.05, 3.63) is 94.1 Å². The summed E-state index contributed by atoms with van der Waals surface area (Å²) in [6.45, 7) is 2.01. The van der Waals surface area contributed by atoms with Gasteiger partial charge in [0.05, 0.1) is 17.6 Å². The molecule has 1 N–H and O–H groups in total. The summed E-state index contributed by atoms with van der Waals surface area (Å²) in [5.41, 5.74) is 4.77. The molecule has 4 nitrogen and oxygen atoms in total. The van der Waals surface area contributed by atoms with Gasteiger partial charge in [-0.05, 0) is 49.4 Å². The van der Waals surface area contributed by atoms with E-state index in [9.17, 15) is 4.79 Å². The van der Waals surface area contributed by atoms with Crippen LogP contribution in [0.3, 0.4) is 0 Å². The predicted molar refractivity (Wildman–Crippen MR) is 132 cm³/mol. The Morgan fingerprint density at radius 3 is 2.55 bits per heavy atom. The summed E-state index contributed by atoms with van der Waals surface area (Å²) in [6, 6.07) is 23.4. The number of thioether (sulfide) groups is 1. The van der Waals surface area contributed by atoms with Crippen LogP contribution in [0.4, 0.5) is 5.69 Å². The first-order chi connectivity index (χ1) is 15.0. The third-order valence-electron chi connectivity index (χ3n) is 4.60. The average molecular weight is 513 g/mol.